The molecule has 0 amide bonds. The Bertz CT molecular complexity index is 739. The number of fused-ring (bicyclic) bond motifs is 1. The Balaban J connectivity index is 1.84. The Morgan fingerprint density at radius 3 is 2.74 bits per heavy atom. The molecule has 0 aliphatic carbocycles. The monoisotopic (exact) mass is 249 g/mol. The van der Waals surface area contributed by atoms with Crippen LogP contribution in [0.4, 0.5) is 0 Å². The number of aryl methyl sites for hydroxylation is 2. The van der Waals surface area contributed by atoms with Crippen LogP contribution in [-0.2, 0) is 12.8 Å². The molecule has 0 aliphatic heterocycles. The van der Waals surface area contributed by atoms with E-state index in [9.17, 15) is 0 Å². The second-order valence-electron chi connectivity index (χ2n) is 4.23. The van der Waals surface area contributed by atoms with E-state index in [0.29, 0.717) is 11.2 Å². The second kappa shape index (κ2) is 4.86. The molecule has 0 saturated heterocycles. The largest absolute Gasteiger partial charge is 0.286 e. The molecule has 0 aliphatic rings. The van der Waals surface area contributed by atoms with Crippen LogP contribution in [0.3, 0.4) is 0 Å². The summed E-state index contributed by atoms with van der Waals surface area (Å²) < 4.78 is 1.92. The fourth-order valence-electron chi connectivity index (χ4n) is 1.99. The molecule has 0 saturated carbocycles. The smallest absolute Gasteiger partial charge is 0.162 e. The molecule has 0 unspecified atom stereocenters. The van der Waals surface area contributed by atoms with E-state index in [1.165, 1.54) is 5.56 Å². The standard InChI is InChI=1S/C14H11N5/c15-10-12-5-8-19-13(17-18-14(19)9-12)2-1-11-3-6-16-7-4-11/h3-9H,1-2H2. The first-order chi connectivity index (χ1) is 9.36. The second-order valence-corrected chi connectivity index (χ2v) is 4.23. The lowest BCUT2D eigenvalue weighted by atomic mass is 10.1. The summed E-state index contributed by atoms with van der Waals surface area (Å²) in [5.74, 6) is 0.899. The van der Waals surface area contributed by atoms with Crippen LogP contribution in [0.1, 0.15) is 17.0 Å². The SMILES string of the molecule is N#Cc1ccn2c(CCc3ccncc3)nnc2c1. The topological polar surface area (TPSA) is 66.9 Å². The lowest BCUT2D eigenvalue weighted by Crippen LogP contribution is -1.98. The van der Waals surface area contributed by atoms with Gasteiger partial charge in [0.05, 0.1) is 11.6 Å². The van der Waals surface area contributed by atoms with Crippen molar-refractivity contribution >= 4 is 5.65 Å². The third-order valence-corrected chi connectivity index (χ3v) is 3.00. The number of aromatic nitrogens is 4. The molecule has 0 radical (unpaired) electrons. The van der Waals surface area contributed by atoms with E-state index >= 15 is 0 Å². The highest BCUT2D eigenvalue weighted by atomic mass is 15.2. The zero-order chi connectivity index (χ0) is 13.1. The fourth-order valence-corrected chi connectivity index (χ4v) is 1.99. The van der Waals surface area contributed by atoms with Crippen molar-refractivity contribution in [1.29, 1.82) is 5.26 Å². The van der Waals surface area contributed by atoms with E-state index < -0.39 is 0 Å². The Hall–Kier alpha value is -2.74. The number of hydrogen-bond donors (Lipinski definition) is 0. The molecule has 0 atom stereocenters. The van der Waals surface area contributed by atoms with Crippen LogP contribution < -0.4 is 0 Å². The van der Waals surface area contributed by atoms with Crippen LogP contribution in [0.25, 0.3) is 5.65 Å². The van der Waals surface area contributed by atoms with Gasteiger partial charge in [0, 0.05) is 31.1 Å². The van der Waals surface area contributed by atoms with Gasteiger partial charge >= 0.3 is 0 Å². The number of nitrogens with zero attached hydrogens (tertiary/aromatic N) is 5. The molecular formula is C14H11N5. The van der Waals surface area contributed by atoms with E-state index in [2.05, 4.69) is 21.3 Å². The van der Waals surface area contributed by atoms with Gasteiger partial charge in [0.2, 0.25) is 0 Å². The van der Waals surface area contributed by atoms with Crippen molar-refractivity contribution in [3.05, 3.63) is 59.8 Å². The first kappa shape index (κ1) is 11.4. The average molecular weight is 249 g/mol. The molecule has 0 spiro atoms. The van der Waals surface area contributed by atoms with Crippen LogP contribution in [0.2, 0.25) is 0 Å². The van der Waals surface area contributed by atoms with E-state index in [1.54, 1.807) is 24.5 Å². The summed E-state index contributed by atoms with van der Waals surface area (Å²) in [5, 5.41) is 17.1. The van der Waals surface area contributed by atoms with Gasteiger partial charge in [-0.15, -0.1) is 10.2 Å². The van der Waals surface area contributed by atoms with Crippen molar-refractivity contribution in [2.24, 2.45) is 0 Å². The molecular weight excluding hydrogens is 238 g/mol. The molecule has 0 bridgehead atoms. The van der Waals surface area contributed by atoms with Gasteiger partial charge in [-0.3, -0.25) is 9.38 Å². The predicted molar refractivity (Wildman–Crippen MR) is 69.3 cm³/mol. The maximum absolute atomic E-state index is 8.84. The van der Waals surface area contributed by atoms with Crippen molar-refractivity contribution in [1.82, 2.24) is 19.6 Å². The number of pyridine rings is 2. The van der Waals surface area contributed by atoms with Crippen molar-refractivity contribution in [3.8, 4) is 6.07 Å². The van der Waals surface area contributed by atoms with Gasteiger partial charge in [-0.25, -0.2) is 0 Å². The summed E-state index contributed by atoms with van der Waals surface area (Å²) in [7, 11) is 0. The third-order valence-electron chi connectivity index (χ3n) is 3.00. The quantitative estimate of drug-likeness (QED) is 0.709. The summed E-state index contributed by atoms with van der Waals surface area (Å²) in [4.78, 5) is 4.00. The van der Waals surface area contributed by atoms with Crippen molar-refractivity contribution in [2.75, 3.05) is 0 Å². The maximum atomic E-state index is 8.84. The van der Waals surface area contributed by atoms with Gasteiger partial charge in [-0.05, 0) is 30.2 Å². The molecule has 5 heteroatoms. The molecule has 5 nitrogen and oxygen atoms in total. The molecule has 0 aromatic carbocycles. The highest BCUT2D eigenvalue weighted by molar-refractivity contribution is 5.45. The van der Waals surface area contributed by atoms with Gasteiger partial charge in [0.1, 0.15) is 5.82 Å². The van der Waals surface area contributed by atoms with Gasteiger partial charge in [0.15, 0.2) is 5.65 Å². The summed E-state index contributed by atoms with van der Waals surface area (Å²) in [5.41, 5.74) is 2.53. The zero-order valence-corrected chi connectivity index (χ0v) is 10.2. The normalized spacial score (nSPS) is 10.5. The van der Waals surface area contributed by atoms with Crippen LogP contribution in [0, 0.1) is 11.3 Å². The molecule has 19 heavy (non-hydrogen) atoms. The number of nitriles is 1. The van der Waals surface area contributed by atoms with Crippen LogP contribution in [0.15, 0.2) is 42.9 Å². The van der Waals surface area contributed by atoms with Crippen molar-refractivity contribution in [3.63, 3.8) is 0 Å². The molecule has 3 aromatic heterocycles. The van der Waals surface area contributed by atoms with Crippen molar-refractivity contribution in [2.45, 2.75) is 12.8 Å². The van der Waals surface area contributed by atoms with Gasteiger partial charge in [0.25, 0.3) is 0 Å². The number of rotatable bonds is 3. The molecule has 92 valence electrons. The minimum Gasteiger partial charge on any atom is -0.286 e. The molecule has 0 fully saturated rings. The minimum atomic E-state index is 0.598. The third kappa shape index (κ3) is 2.29. The summed E-state index contributed by atoms with van der Waals surface area (Å²) in [6, 6.07) is 9.60. The van der Waals surface area contributed by atoms with Gasteiger partial charge in [-0.1, -0.05) is 0 Å². The molecule has 3 aromatic rings. The highest BCUT2D eigenvalue weighted by Crippen LogP contribution is 2.09. The summed E-state index contributed by atoms with van der Waals surface area (Å²) >= 11 is 0. The Labute approximate surface area is 110 Å². The average Bonchev–Trinajstić information content (AvgIpc) is 2.88. The van der Waals surface area contributed by atoms with Crippen LogP contribution in [0.5, 0.6) is 0 Å². The van der Waals surface area contributed by atoms with Crippen molar-refractivity contribution < 1.29 is 0 Å². The Morgan fingerprint density at radius 1 is 1.11 bits per heavy atom. The molecule has 3 heterocycles. The summed E-state index contributed by atoms with van der Waals surface area (Å²) in [6.45, 7) is 0. The summed E-state index contributed by atoms with van der Waals surface area (Å²) in [6.07, 6.45) is 7.11. The Kier molecular flexibility index (Phi) is 2.91. The first-order valence-corrected chi connectivity index (χ1v) is 5.99. The van der Waals surface area contributed by atoms with E-state index in [4.69, 9.17) is 5.26 Å². The van der Waals surface area contributed by atoms with E-state index in [-0.39, 0.29) is 0 Å². The zero-order valence-electron chi connectivity index (χ0n) is 10.2. The van der Waals surface area contributed by atoms with E-state index in [0.717, 1.165) is 18.7 Å². The highest BCUT2D eigenvalue weighted by Gasteiger charge is 2.06. The van der Waals surface area contributed by atoms with Gasteiger partial charge in [-0.2, -0.15) is 5.26 Å². The van der Waals surface area contributed by atoms with Crippen LogP contribution in [-0.4, -0.2) is 19.6 Å². The molecule has 3 rings (SSSR count). The Morgan fingerprint density at radius 2 is 1.95 bits per heavy atom. The molecule has 0 N–H and O–H groups in total. The first-order valence-electron chi connectivity index (χ1n) is 5.99. The fraction of sp³-hybridized carbons (Fsp3) is 0.143. The minimum absolute atomic E-state index is 0.598. The number of hydrogen-bond acceptors (Lipinski definition) is 4. The lowest BCUT2D eigenvalue weighted by molar-refractivity contribution is 0.837. The lowest BCUT2D eigenvalue weighted by Gasteiger charge is -2.00. The van der Waals surface area contributed by atoms with E-state index in [1.807, 2.05) is 22.7 Å². The predicted octanol–water partition coefficient (Wildman–Crippen LogP) is 1.78. The van der Waals surface area contributed by atoms with Gasteiger partial charge < -0.3 is 0 Å². The van der Waals surface area contributed by atoms with Crippen LogP contribution >= 0.6 is 0 Å². The maximum Gasteiger partial charge on any atom is 0.162 e.